The predicted octanol–water partition coefficient (Wildman–Crippen LogP) is 0.370. The molecule has 0 amide bonds. The lowest BCUT2D eigenvalue weighted by atomic mass is 10.3. The van der Waals surface area contributed by atoms with Crippen LogP contribution >= 0.6 is 0 Å². The Labute approximate surface area is 44.7 Å². The average molecular weight is 103 g/mol. The van der Waals surface area contributed by atoms with E-state index in [1.54, 1.807) is 7.11 Å². The van der Waals surface area contributed by atoms with Gasteiger partial charge in [0, 0.05) is 13.7 Å². The summed E-state index contributed by atoms with van der Waals surface area (Å²) in [6.07, 6.45) is 1.27. The van der Waals surface area contributed by atoms with E-state index in [0.29, 0.717) is 6.54 Å². The Balaban J connectivity index is 2.99. The van der Waals surface area contributed by atoms with Crippen LogP contribution in [0.2, 0.25) is 0 Å². The van der Waals surface area contributed by atoms with Crippen molar-refractivity contribution in [2.75, 3.05) is 13.7 Å². The fraction of sp³-hybridized carbons (Fsp3) is 1.00. The molecule has 0 heterocycles. The molecule has 2 heteroatoms. The summed E-state index contributed by atoms with van der Waals surface area (Å²) in [6, 6.07) is 0. The Morgan fingerprint density at radius 1 is 1.71 bits per heavy atom. The second kappa shape index (κ2) is 4.09. The number of ether oxygens (including phenoxy) is 1. The van der Waals surface area contributed by atoms with Crippen molar-refractivity contribution < 1.29 is 4.74 Å². The quantitative estimate of drug-likeness (QED) is 0.560. The highest BCUT2D eigenvalue weighted by Crippen LogP contribution is 1.89. The van der Waals surface area contributed by atoms with Crippen molar-refractivity contribution in [2.45, 2.75) is 19.4 Å². The van der Waals surface area contributed by atoms with Gasteiger partial charge in [0.15, 0.2) is 0 Å². The average Bonchev–Trinajstić information content (AvgIpc) is 1.72. The minimum Gasteiger partial charge on any atom is -0.380 e. The van der Waals surface area contributed by atoms with E-state index >= 15 is 0 Å². The largest absolute Gasteiger partial charge is 0.380 e. The Bertz CT molecular complexity index is 29.6. The fourth-order valence-corrected chi connectivity index (χ4v) is 0.430. The van der Waals surface area contributed by atoms with Crippen LogP contribution in [-0.4, -0.2) is 19.8 Å². The summed E-state index contributed by atoms with van der Waals surface area (Å²) >= 11 is 0. The number of hydrogen-bond donors (Lipinski definition) is 1. The molecule has 0 radical (unpaired) electrons. The standard InChI is InChI=1S/C5H13NO/c1-3-5(4-6)7-2/h5H,3-4,6H2,1-2H3/t5-/m0/s1. The Hall–Kier alpha value is -0.0800. The van der Waals surface area contributed by atoms with E-state index in [2.05, 4.69) is 6.92 Å². The lowest BCUT2D eigenvalue weighted by molar-refractivity contribution is 0.106. The van der Waals surface area contributed by atoms with Gasteiger partial charge >= 0.3 is 0 Å². The van der Waals surface area contributed by atoms with Crippen molar-refractivity contribution in [1.29, 1.82) is 0 Å². The summed E-state index contributed by atoms with van der Waals surface area (Å²) in [5, 5.41) is 0. The highest BCUT2D eigenvalue weighted by molar-refractivity contribution is 4.51. The molecule has 0 rings (SSSR count). The molecule has 2 N–H and O–H groups in total. The van der Waals surface area contributed by atoms with Gasteiger partial charge in [0.2, 0.25) is 0 Å². The molecule has 0 aliphatic heterocycles. The van der Waals surface area contributed by atoms with Gasteiger partial charge in [-0.15, -0.1) is 0 Å². The molecule has 0 fully saturated rings. The lowest BCUT2D eigenvalue weighted by Gasteiger charge is -2.07. The van der Waals surface area contributed by atoms with E-state index < -0.39 is 0 Å². The molecule has 0 unspecified atom stereocenters. The molecule has 0 spiro atoms. The third kappa shape index (κ3) is 2.60. The van der Waals surface area contributed by atoms with Gasteiger partial charge in [-0.25, -0.2) is 0 Å². The summed E-state index contributed by atoms with van der Waals surface area (Å²) in [4.78, 5) is 0. The molecule has 0 aromatic heterocycles. The van der Waals surface area contributed by atoms with Crippen LogP contribution in [0.5, 0.6) is 0 Å². The van der Waals surface area contributed by atoms with Crippen LogP contribution in [0.1, 0.15) is 13.3 Å². The fourth-order valence-electron chi connectivity index (χ4n) is 0.430. The maximum Gasteiger partial charge on any atom is 0.0690 e. The van der Waals surface area contributed by atoms with Gasteiger partial charge in [0.05, 0.1) is 6.10 Å². The first kappa shape index (κ1) is 6.92. The molecule has 2 nitrogen and oxygen atoms in total. The molecule has 0 saturated carbocycles. The highest BCUT2D eigenvalue weighted by Gasteiger charge is 1.96. The molecule has 44 valence electrons. The maximum atomic E-state index is 5.27. The van der Waals surface area contributed by atoms with Gasteiger partial charge in [-0.2, -0.15) is 0 Å². The van der Waals surface area contributed by atoms with Crippen molar-refractivity contribution in [3.05, 3.63) is 0 Å². The van der Waals surface area contributed by atoms with Crippen molar-refractivity contribution in [3.63, 3.8) is 0 Å². The van der Waals surface area contributed by atoms with Crippen LogP contribution in [0.4, 0.5) is 0 Å². The smallest absolute Gasteiger partial charge is 0.0690 e. The van der Waals surface area contributed by atoms with Gasteiger partial charge in [0.25, 0.3) is 0 Å². The summed E-state index contributed by atoms with van der Waals surface area (Å²) in [5.74, 6) is 0. The molecular formula is C5H13NO. The molecule has 1 atom stereocenters. The van der Waals surface area contributed by atoms with E-state index in [9.17, 15) is 0 Å². The van der Waals surface area contributed by atoms with Crippen LogP contribution in [0.3, 0.4) is 0 Å². The second-order valence-corrected chi connectivity index (χ2v) is 1.50. The van der Waals surface area contributed by atoms with Crippen LogP contribution < -0.4 is 5.73 Å². The van der Waals surface area contributed by atoms with E-state index in [1.165, 1.54) is 0 Å². The van der Waals surface area contributed by atoms with Crippen molar-refractivity contribution in [2.24, 2.45) is 5.73 Å². The normalized spacial score (nSPS) is 14.1. The summed E-state index contributed by atoms with van der Waals surface area (Å²) in [5.41, 5.74) is 5.27. The number of rotatable bonds is 3. The predicted molar refractivity (Wildman–Crippen MR) is 30.1 cm³/mol. The number of methoxy groups -OCH3 is 1. The molecular weight excluding hydrogens is 90.1 g/mol. The van der Waals surface area contributed by atoms with Crippen LogP contribution in [0.25, 0.3) is 0 Å². The maximum absolute atomic E-state index is 5.27. The second-order valence-electron chi connectivity index (χ2n) is 1.50. The molecule has 0 aromatic carbocycles. The van der Waals surface area contributed by atoms with Gasteiger partial charge < -0.3 is 10.5 Å². The van der Waals surface area contributed by atoms with E-state index in [0.717, 1.165) is 6.42 Å². The van der Waals surface area contributed by atoms with E-state index in [-0.39, 0.29) is 6.10 Å². The summed E-state index contributed by atoms with van der Waals surface area (Å²) < 4.78 is 4.92. The van der Waals surface area contributed by atoms with Crippen molar-refractivity contribution >= 4 is 0 Å². The van der Waals surface area contributed by atoms with Gasteiger partial charge in [-0.05, 0) is 6.42 Å². The SMILES string of the molecule is CC[C@@H](CN)OC. The number of hydrogen-bond acceptors (Lipinski definition) is 2. The molecule has 0 bridgehead atoms. The van der Waals surface area contributed by atoms with Crippen LogP contribution in [0.15, 0.2) is 0 Å². The third-order valence-corrected chi connectivity index (χ3v) is 1.05. The van der Waals surface area contributed by atoms with E-state index in [4.69, 9.17) is 10.5 Å². The molecule has 0 aliphatic carbocycles. The topological polar surface area (TPSA) is 35.2 Å². The monoisotopic (exact) mass is 103 g/mol. The lowest BCUT2D eigenvalue weighted by Crippen LogP contribution is -2.20. The van der Waals surface area contributed by atoms with Crippen LogP contribution in [0, 0.1) is 0 Å². The number of nitrogens with two attached hydrogens (primary N) is 1. The van der Waals surface area contributed by atoms with Gasteiger partial charge in [0.1, 0.15) is 0 Å². The molecule has 0 saturated heterocycles. The molecule has 0 aromatic rings. The Morgan fingerprint density at radius 3 is 2.29 bits per heavy atom. The Morgan fingerprint density at radius 2 is 2.29 bits per heavy atom. The minimum atomic E-state index is 0.264. The molecule has 0 aliphatic rings. The van der Waals surface area contributed by atoms with Crippen molar-refractivity contribution in [1.82, 2.24) is 0 Å². The van der Waals surface area contributed by atoms with Gasteiger partial charge in [-0.1, -0.05) is 6.92 Å². The zero-order valence-corrected chi connectivity index (χ0v) is 4.98. The van der Waals surface area contributed by atoms with E-state index in [1.807, 2.05) is 0 Å². The highest BCUT2D eigenvalue weighted by atomic mass is 16.5. The molecule has 7 heavy (non-hydrogen) atoms. The first-order valence-corrected chi connectivity index (χ1v) is 2.58. The summed E-state index contributed by atoms with van der Waals surface area (Å²) in [6.45, 7) is 2.69. The summed E-state index contributed by atoms with van der Waals surface area (Å²) in [7, 11) is 1.68. The van der Waals surface area contributed by atoms with Crippen molar-refractivity contribution in [3.8, 4) is 0 Å². The minimum absolute atomic E-state index is 0.264. The first-order chi connectivity index (χ1) is 3.35. The van der Waals surface area contributed by atoms with Crippen LogP contribution in [-0.2, 0) is 4.74 Å². The third-order valence-electron chi connectivity index (χ3n) is 1.05. The van der Waals surface area contributed by atoms with Gasteiger partial charge in [-0.3, -0.25) is 0 Å². The Kier molecular flexibility index (Phi) is 4.04. The zero-order valence-electron chi connectivity index (χ0n) is 4.98. The zero-order chi connectivity index (χ0) is 5.70. The first-order valence-electron chi connectivity index (χ1n) is 2.58.